The molecule has 0 heterocycles. The van der Waals surface area contributed by atoms with Crippen LogP contribution >= 0.6 is 0 Å². The minimum atomic E-state index is -0.210. The maximum atomic E-state index is 12.1. The Bertz CT molecular complexity index is 508. The molecule has 2 aliphatic carbocycles. The van der Waals surface area contributed by atoms with Gasteiger partial charge in [-0.1, -0.05) is 12.1 Å². The van der Waals surface area contributed by atoms with E-state index in [1.54, 1.807) is 0 Å². The van der Waals surface area contributed by atoms with Crippen LogP contribution in [0, 0.1) is 5.92 Å². The first-order valence-electron chi connectivity index (χ1n) is 8.18. The highest BCUT2D eigenvalue weighted by molar-refractivity contribution is 5.91. The molecule has 0 spiro atoms. The number of amides is 2. The van der Waals surface area contributed by atoms with Crippen LogP contribution in [0.25, 0.3) is 0 Å². The third-order valence-corrected chi connectivity index (χ3v) is 4.34. The highest BCUT2D eigenvalue weighted by atomic mass is 16.5. The summed E-state index contributed by atoms with van der Waals surface area (Å²) in [6.07, 6.45) is 5.44. The van der Waals surface area contributed by atoms with Crippen molar-refractivity contribution in [1.29, 1.82) is 0 Å². The number of carbonyl (C=O) groups excluding carboxylic acids is 1. The summed E-state index contributed by atoms with van der Waals surface area (Å²) in [5.41, 5.74) is 0.705. The maximum absolute atomic E-state index is 12.1. The van der Waals surface area contributed by atoms with Gasteiger partial charge in [0.2, 0.25) is 0 Å². The van der Waals surface area contributed by atoms with Gasteiger partial charge < -0.3 is 20.5 Å². The molecule has 22 heavy (non-hydrogen) atoms. The predicted molar refractivity (Wildman–Crippen MR) is 85.1 cm³/mol. The van der Waals surface area contributed by atoms with Crippen molar-refractivity contribution < 1.29 is 14.6 Å². The fourth-order valence-corrected chi connectivity index (χ4v) is 2.75. The van der Waals surface area contributed by atoms with Gasteiger partial charge in [0.25, 0.3) is 0 Å². The van der Waals surface area contributed by atoms with Crippen LogP contribution in [-0.4, -0.2) is 29.9 Å². The molecule has 5 heteroatoms. The lowest BCUT2D eigenvalue weighted by Gasteiger charge is -2.26. The number of aliphatic hydroxyl groups is 1. The van der Waals surface area contributed by atoms with Crippen LogP contribution in [-0.2, 0) is 0 Å². The lowest BCUT2D eigenvalue weighted by Crippen LogP contribution is -2.40. The Hall–Kier alpha value is -1.75. The average molecular weight is 304 g/mol. The van der Waals surface area contributed by atoms with Crippen LogP contribution in [0.5, 0.6) is 5.75 Å². The Labute approximate surface area is 131 Å². The van der Waals surface area contributed by atoms with E-state index >= 15 is 0 Å². The molecule has 2 fully saturated rings. The number of hydrogen-bond acceptors (Lipinski definition) is 3. The first kappa shape index (κ1) is 15.2. The Morgan fingerprint density at radius 2 is 1.86 bits per heavy atom. The van der Waals surface area contributed by atoms with E-state index in [0.717, 1.165) is 38.0 Å². The second kappa shape index (κ2) is 7.01. The molecule has 2 amide bonds. The van der Waals surface area contributed by atoms with Gasteiger partial charge in [0.1, 0.15) is 5.75 Å². The highest BCUT2D eigenvalue weighted by Crippen LogP contribution is 2.31. The van der Waals surface area contributed by atoms with Gasteiger partial charge in [0.05, 0.1) is 18.4 Å². The van der Waals surface area contributed by atoms with Crippen molar-refractivity contribution in [2.24, 2.45) is 5.92 Å². The highest BCUT2D eigenvalue weighted by Gasteiger charge is 2.23. The quantitative estimate of drug-likeness (QED) is 0.783. The van der Waals surface area contributed by atoms with Crippen LogP contribution in [0.4, 0.5) is 10.5 Å². The zero-order valence-corrected chi connectivity index (χ0v) is 12.8. The normalized spacial score (nSPS) is 24.6. The molecule has 120 valence electrons. The van der Waals surface area contributed by atoms with Gasteiger partial charge in [-0.2, -0.15) is 0 Å². The number of urea groups is 1. The maximum Gasteiger partial charge on any atom is 0.319 e. The smallest absolute Gasteiger partial charge is 0.319 e. The van der Waals surface area contributed by atoms with Gasteiger partial charge in [0.15, 0.2) is 0 Å². The third kappa shape index (κ3) is 4.37. The summed E-state index contributed by atoms with van der Waals surface area (Å²) in [4.78, 5) is 12.1. The van der Waals surface area contributed by atoms with Gasteiger partial charge in [-0.3, -0.25) is 0 Å². The summed E-state index contributed by atoms with van der Waals surface area (Å²) in [6.45, 7) is 0.723. The fraction of sp³-hybridized carbons (Fsp3) is 0.588. The van der Waals surface area contributed by atoms with Crippen molar-refractivity contribution in [3.05, 3.63) is 24.3 Å². The minimum absolute atomic E-state index is 0.142. The topological polar surface area (TPSA) is 70.6 Å². The van der Waals surface area contributed by atoms with Gasteiger partial charge in [-0.15, -0.1) is 0 Å². The molecule has 1 aromatic carbocycles. The van der Waals surface area contributed by atoms with E-state index < -0.39 is 0 Å². The van der Waals surface area contributed by atoms with Crippen LogP contribution in [0.1, 0.15) is 38.5 Å². The van der Waals surface area contributed by atoms with Gasteiger partial charge in [-0.25, -0.2) is 4.79 Å². The van der Waals surface area contributed by atoms with E-state index in [1.165, 1.54) is 12.8 Å². The Balaban J connectivity index is 1.51. The molecule has 0 radical (unpaired) electrons. The number of para-hydroxylation sites is 2. The summed E-state index contributed by atoms with van der Waals surface area (Å²) in [7, 11) is 0. The number of benzene rings is 1. The second-order valence-corrected chi connectivity index (χ2v) is 6.35. The first-order chi connectivity index (χ1) is 10.7. The molecule has 0 atom stereocenters. The van der Waals surface area contributed by atoms with Gasteiger partial charge >= 0.3 is 6.03 Å². The second-order valence-electron chi connectivity index (χ2n) is 6.35. The van der Waals surface area contributed by atoms with E-state index in [9.17, 15) is 9.90 Å². The molecule has 0 saturated heterocycles. The number of carbonyl (C=O) groups is 1. The molecular weight excluding hydrogens is 280 g/mol. The molecule has 0 aliphatic heterocycles. The number of nitrogens with one attached hydrogen (secondary N) is 2. The summed E-state index contributed by atoms with van der Waals surface area (Å²) >= 11 is 0. The average Bonchev–Trinajstić information content (AvgIpc) is 3.33. The van der Waals surface area contributed by atoms with Crippen molar-refractivity contribution in [3.8, 4) is 5.75 Å². The van der Waals surface area contributed by atoms with E-state index in [-0.39, 0.29) is 18.2 Å². The molecule has 2 aliphatic rings. The summed E-state index contributed by atoms with van der Waals surface area (Å²) < 4.78 is 5.79. The van der Waals surface area contributed by atoms with Crippen LogP contribution in [0.2, 0.25) is 0 Å². The number of hydrogen-bond donors (Lipinski definition) is 3. The zero-order valence-electron chi connectivity index (χ0n) is 12.8. The van der Waals surface area contributed by atoms with E-state index in [2.05, 4.69) is 10.6 Å². The van der Waals surface area contributed by atoms with Crippen molar-refractivity contribution in [2.45, 2.75) is 50.7 Å². The van der Waals surface area contributed by atoms with Crippen molar-refractivity contribution in [2.75, 3.05) is 11.9 Å². The molecule has 2 saturated carbocycles. The molecule has 0 unspecified atom stereocenters. The summed E-state index contributed by atoms with van der Waals surface area (Å²) in [6, 6.07) is 7.47. The first-order valence-corrected chi connectivity index (χ1v) is 8.18. The van der Waals surface area contributed by atoms with Gasteiger partial charge in [0, 0.05) is 6.04 Å². The molecule has 0 bridgehead atoms. The Morgan fingerprint density at radius 3 is 2.59 bits per heavy atom. The van der Waals surface area contributed by atoms with Crippen molar-refractivity contribution >= 4 is 11.7 Å². The molecular formula is C17H24N2O3. The van der Waals surface area contributed by atoms with E-state index in [0.29, 0.717) is 11.6 Å². The Kier molecular flexibility index (Phi) is 4.83. The fourth-order valence-electron chi connectivity index (χ4n) is 2.75. The third-order valence-electron chi connectivity index (χ3n) is 4.34. The SMILES string of the molecule is O=C(Nc1ccccc1OCC1CC1)NC1CCC(O)CC1. The summed E-state index contributed by atoms with van der Waals surface area (Å²) in [5.74, 6) is 1.40. The van der Waals surface area contributed by atoms with Gasteiger partial charge in [-0.05, 0) is 56.6 Å². The lowest BCUT2D eigenvalue weighted by molar-refractivity contribution is 0.118. The predicted octanol–water partition coefficient (Wildman–Crippen LogP) is 2.90. The van der Waals surface area contributed by atoms with Crippen molar-refractivity contribution in [1.82, 2.24) is 5.32 Å². The Morgan fingerprint density at radius 1 is 1.14 bits per heavy atom. The summed E-state index contributed by atoms with van der Waals surface area (Å²) in [5, 5.41) is 15.3. The monoisotopic (exact) mass is 304 g/mol. The van der Waals surface area contributed by atoms with E-state index in [1.807, 2.05) is 24.3 Å². The zero-order chi connectivity index (χ0) is 15.4. The molecule has 3 rings (SSSR count). The number of ether oxygens (including phenoxy) is 1. The van der Waals surface area contributed by atoms with Crippen LogP contribution < -0.4 is 15.4 Å². The van der Waals surface area contributed by atoms with E-state index in [4.69, 9.17) is 4.74 Å². The minimum Gasteiger partial charge on any atom is -0.491 e. The molecule has 3 N–H and O–H groups in total. The van der Waals surface area contributed by atoms with Crippen LogP contribution in [0.15, 0.2) is 24.3 Å². The standard InChI is InChI=1S/C17H24N2O3/c20-14-9-7-13(8-10-14)18-17(21)19-15-3-1-2-4-16(15)22-11-12-5-6-12/h1-4,12-14,20H,5-11H2,(H2,18,19,21). The molecule has 5 nitrogen and oxygen atoms in total. The largest absolute Gasteiger partial charge is 0.491 e. The van der Waals surface area contributed by atoms with Crippen LogP contribution in [0.3, 0.4) is 0 Å². The van der Waals surface area contributed by atoms with Crippen molar-refractivity contribution in [3.63, 3.8) is 0 Å². The lowest BCUT2D eigenvalue weighted by atomic mass is 9.93. The number of anilines is 1. The number of aliphatic hydroxyl groups excluding tert-OH is 1. The molecule has 0 aromatic heterocycles. The number of rotatable bonds is 5. The molecule has 1 aromatic rings.